The number of hydrogen-bond donors (Lipinski definition) is 2. The van der Waals surface area contributed by atoms with Gasteiger partial charge in [0.15, 0.2) is 0 Å². The van der Waals surface area contributed by atoms with Crippen molar-refractivity contribution in [1.29, 1.82) is 5.26 Å². The summed E-state index contributed by atoms with van der Waals surface area (Å²) in [5.74, 6) is 0. The second-order valence-corrected chi connectivity index (χ2v) is 5.60. The van der Waals surface area contributed by atoms with Crippen LogP contribution < -0.4 is 10.5 Å². The first-order chi connectivity index (χ1) is 7.90. The molecule has 100 valence electrons. The van der Waals surface area contributed by atoms with Gasteiger partial charge in [0.2, 0.25) is 10.0 Å². The minimum absolute atomic E-state index is 0. The Labute approximate surface area is 117 Å². The fraction of sp³-hybridized carbons (Fsp3) is 0.300. The molecule has 0 aliphatic heterocycles. The van der Waals surface area contributed by atoms with E-state index in [2.05, 4.69) is 4.72 Å². The third-order valence-corrected chi connectivity index (χ3v) is 4.13. The highest BCUT2D eigenvalue weighted by Gasteiger charge is 2.19. The zero-order valence-electron chi connectivity index (χ0n) is 9.55. The Kier molecular flexibility index (Phi) is 6.60. The number of nitrogens with one attached hydrogen (secondary N) is 1. The quantitative estimate of drug-likeness (QED) is 0.875. The van der Waals surface area contributed by atoms with E-state index >= 15 is 0 Å². The highest BCUT2D eigenvalue weighted by atomic mass is 35.5. The van der Waals surface area contributed by atoms with Gasteiger partial charge in [-0.2, -0.15) is 5.26 Å². The Bertz CT molecular complexity index is 555. The van der Waals surface area contributed by atoms with Crippen molar-refractivity contribution in [3.05, 3.63) is 28.8 Å². The predicted octanol–water partition coefficient (Wildman–Crippen LogP) is 1.26. The van der Waals surface area contributed by atoms with Gasteiger partial charge in [-0.1, -0.05) is 11.6 Å². The molecule has 0 amide bonds. The zero-order valence-corrected chi connectivity index (χ0v) is 11.9. The van der Waals surface area contributed by atoms with E-state index in [4.69, 9.17) is 22.6 Å². The van der Waals surface area contributed by atoms with Crippen LogP contribution in [-0.4, -0.2) is 21.0 Å². The molecule has 0 bridgehead atoms. The first-order valence-corrected chi connectivity index (χ1v) is 6.69. The third-order valence-electron chi connectivity index (χ3n) is 2.06. The van der Waals surface area contributed by atoms with Crippen molar-refractivity contribution in [1.82, 2.24) is 4.72 Å². The molecule has 3 N–H and O–H groups in total. The van der Waals surface area contributed by atoms with E-state index in [0.29, 0.717) is 5.56 Å². The molecule has 18 heavy (non-hydrogen) atoms. The van der Waals surface area contributed by atoms with Gasteiger partial charge in [0, 0.05) is 12.6 Å². The molecule has 8 heteroatoms. The number of nitriles is 1. The maximum absolute atomic E-state index is 11.9. The topological polar surface area (TPSA) is 96.0 Å². The molecule has 1 rings (SSSR count). The summed E-state index contributed by atoms with van der Waals surface area (Å²) in [5, 5.41) is 8.66. The highest BCUT2D eigenvalue weighted by molar-refractivity contribution is 7.89. The number of halogens is 2. The van der Waals surface area contributed by atoms with Gasteiger partial charge in [-0.3, -0.25) is 0 Å². The fourth-order valence-electron chi connectivity index (χ4n) is 1.16. The van der Waals surface area contributed by atoms with Crippen LogP contribution in [-0.2, 0) is 10.0 Å². The Hall–Kier alpha value is -0.840. The molecule has 0 aromatic heterocycles. The van der Waals surface area contributed by atoms with Crippen LogP contribution in [0.4, 0.5) is 0 Å². The molecular weight excluding hydrogens is 297 g/mol. The summed E-state index contributed by atoms with van der Waals surface area (Å²) in [5.41, 5.74) is 5.64. The zero-order chi connectivity index (χ0) is 13.1. The third kappa shape index (κ3) is 4.12. The summed E-state index contributed by atoms with van der Waals surface area (Å²) in [6, 6.07) is 5.50. The van der Waals surface area contributed by atoms with Gasteiger partial charge < -0.3 is 5.73 Å². The standard InChI is InChI=1S/C10H12ClN3O2S.ClH/c1-7(5-12)14-17(15,16)10-3-2-8(6-13)4-9(10)11;/h2-4,7,14H,5,12H2,1H3;1H/t7-;/m0./s1. The lowest BCUT2D eigenvalue weighted by atomic mass is 10.2. The van der Waals surface area contributed by atoms with Crippen LogP contribution in [0, 0.1) is 11.3 Å². The average molecular weight is 310 g/mol. The first-order valence-electron chi connectivity index (χ1n) is 4.82. The van der Waals surface area contributed by atoms with Crippen LogP contribution in [0.15, 0.2) is 23.1 Å². The molecule has 0 aliphatic rings. The number of nitrogens with two attached hydrogens (primary N) is 1. The minimum atomic E-state index is -3.70. The van der Waals surface area contributed by atoms with Crippen molar-refractivity contribution in [2.45, 2.75) is 17.9 Å². The average Bonchev–Trinajstić information content (AvgIpc) is 2.27. The summed E-state index contributed by atoms with van der Waals surface area (Å²) >= 11 is 5.82. The fourth-order valence-corrected chi connectivity index (χ4v) is 2.97. The molecule has 1 atom stereocenters. The summed E-state index contributed by atoms with van der Waals surface area (Å²) in [6.45, 7) is 1.84. The monoisotopic (exact) mass is 309 g/mol. The Morgan fingerprint density at radius 1 is 1.56 bits per heavy atom. The summed E-state index contributed by atoms with van der Waals surface area (Å²) in [6.07, 6.45) is 0. The van der Waals surface area contributed by atoms with E-state index in [0.717, 1.165) is 0 Å². The maximum Gasteiger partial charge on any atom is 0.242 e. The Balaban J connectivity index is 0.00000289. The summed E-state index contributed by atoms with van der Waals surface area (Å²) in [4.78, 5) is -0.0570. The predicted molar refractivity (Wildman–Crippen MR) is 72.3 cm³/mol. The Morgan fingerprint density at radius 3 is 2.61 bits per heavy atom. The van der Waals surface area contributed by atoms with Crippen molar-refractivity contribution in [3.8, 4) is 6.07 Å². The van der Waals surface area contributed by atoms with E-state index in [1.165, 1.54) is 18.2 Å². The molecule has 0 aliphatic carbocycles. The Morgan fingerprint density at radius 2 is 2.17 bits per heavy atom. The lowest BCUT2D eigenvalue weighted by Gasteiger charge is -2.12. The number of sulfonamides is 1. The molecule has 0 radical (unpaired) electrons. The van der Waals surface area contributed by atoms with Crippen molar-refractivity contribution in [2.24, 2.45) is 5.73 Å². The molecular formula is C10H13Cl2N3O2S. The van der Waals surface area contributed by atoms with Crippen LogP contribution in [0.2, 0.25) is 5.02 Å². The van der Waals surface area contributed by atoms with Crippen molar-refractivity contribution in [2.75, 3.05) is 6.54 Å². The molecule has 0 unspecified atom stereocenters. The van der Waals surface area contributed by atoms with Gasteiger partial charge in [-0.05, 0) is 25.1 Å². The second-order valence-electron chi connectivity index (χ2n) is 3.52. The first kappa shape index (κ1) is 17.2. The van der Waals surface area contributed by atoms with Gasteiger partial charge in [-0.15, -0.1) is 12.4 Å². The van der Waals surface area contributed by atoms with Crippen molar-refractivity contribution < 1.29 is 8.42 Å². The summed E-state index contributed by atoms with van der Waals surface area (Å²) < 4.78 is 26.2. The maximum atomic E-state index is 11.9. The van der Waals surface area contributed by atoms with E-state index in [-0.39, 0.29) is 34.9 Å². The number of rotatable bonds is 4. The molecule has 5 nitrogen and oxygen atoms in total. The molecule has 0 fully saturated rings. The molecule has 0 spiro atoms. The molecule has 0 saturated heterocycles. The van der Waals surface area contributed by atoms with E-state index in [1.54, 1.807) is 6.92 Å². The largest absolute Gasteiger partial charge is 0.329 e. The van der Waals surface area contributed by atoms with Gasteiger partial charge in [0.05, 0.1) is 16.7 Å². The SMILES string of the molecule is C[C@@H](CN)NS(=O)(=O)c1ccc(C#N)cc1Cl.Cl. The summed E-state index contributed by atoms with van der Waals surface area (Å²) in [7, 11) is -3.70. The van der Waals surface area contributed by atoms with E-state index in [9.17, 15) is 8.42 Å². The van der Waals surface area contributed by atoms with Crippen LogP contribution in [0.3, 0.4) is 0 Å². The second kappa shape index (κ2) is 6.92. The van der Waals surface area contributed by atoms with Crippen LogP contribution >= 0.6 is 24.0 Å². The van der Waals surface area contributed by atoms with E-state index in [1.807, 2.05) is 6.07 Å². The van der Waals surface area contributed by atoms with Gasteiger partial charge >= 0.3 is 0 Å². The smallest absolute Gasteiger partial charge is 0.242 e. The van der Waals surface area contributed by atoms with Gasteiger partial charge in [0.25, 0.3) is 0 Å². The van der Waals surface area contributed by atoms with Crippen molar-refractivity contribution >= 4 is 34.0 Å². The van der Waals surface area contributed by atoms with Gasteiger partial charge in [-0.25, -0.2) is 13.1 Å². The van der Waals surface area contributed by atoms with Crippen LogP contribution in [0.1, 0.15) is 12.5 Å². The van der Waals surface area contributed by atoms with Crippen molar-refractivity contribution in [3.63, 3.8) is 0 Å². The van der Waals surface area contributed by atoms with Crippen LogP contribution in [0.25, 0.3) is 0 Å². The molecule has 1 aromatic carbocycles. The molecule has 0 heterocycles. The molecule has 1 aromatic rings. The minimum Gasteiger partial charge on any atom is -0.329 e. The van der Waals surface area contributed by atoms with Crippen LogP contribution in [0.5, 0.6) is 0 Å². The van der Waals surface area contributed by atoms with E-state index < -0.39 is 10.0 Å². The highest BCUT2D eigenvalue weighted by Crippen LogP contribution is 2.22. The number of hydrogen-bond acceptors (Lipinski definition) is 4. The number of benzene rings is 1. The lowest BCUT2D eigenvalue weighted by molar-refractivity contribution is 0.563. The normalized spacial score (nSPS) is 12.3. The molecule has 0 saturated carbocycles. The number of nitrogens with zero attached hydrogens (tertiary/aromatic N) is 1. The van der Waals surface area contributed by atoms with Gasteiger partial charge in [0.1, 0.15) is 4.90 Å². The lowest BCUT2D eigenvalue weighted by Crippen LogP contribution is -2.37.